The van der Waals surface area contributed by atoms with E-state index < -0.39 is 41.7 Å². The van der Waals surface area contributed by atoms with Crippen LogP contribution in [0.2, 0.25) is 0 Å². The van der Waals surface area contributed by atoms with Crippen molar-refractivity contribution in [3.05, 3.63) is 0 Å². The van der Waals surface area contributed by atoms with E-state index in [4.69, 9.17) is 15.8 Å². The number of rotatable bonds is 1. The number of hydrogen-bond donors (Lipinski definition) is 1. The fourth-order valence-electron chi connectivity index (χ4n) is 1.07. The average molecular weight is 235 g/mol. The van der Waals surface area contributed by atoms with Crippen LogP contribution in [0.3, 0.4) is 0 Å². The van der Waals surface area contributed by atoms with Gasteiger partial charge in [-0.1, -0.05) is 0 Å². The van der Waals surface area contributed by atoms with Gasteiger partial charge in [0.15, 0.2) is 9.84 Å². The molecule has 0 spiro atoms. The molecule has 0 amide bonds. The van der Waals surface area contributed by atoms with Crippen LogP contribution in [0.25, 0.3) is 0 Å². The molecule has 0 aromatic heterocycles. The minimum Gasteiger partial charge on any atom is -0.391 e. The molecule has 1 rings (SSSR count). The summed E-state index contributed by atoms with van der Waals surface area (Å²) < 4.78 is 43.0. The monoisotopic (exact) mass is 234 g/mol. The third kappa shape index (κ3) is 2.09. The highest BCUT2D eigenvalue weighted by atomic mass is 35.7. The van der Waals surface area contributed by atoms with Crippen LogP contribution in [0.4, 0.5) is 0 Å². The quantitative estimate of drug-likeness (QED) is 0.571. The van der Waals surface area contributed by atoms with Crippen LogP contribution in [0.1, 0.15) is 0 Å². The van der Waals surface area contributed by atoms with Gasteiger partial charge in [-0.25, -0.2) is 16.8 Å². The molecule has 1 heterocycles. The number of aliphatic hydroxyl groups is 1. The van der Waals surface area contributed by atoms with E-state index in [1.807, 2.05) is 0 Å². The van der Waals surface area contributed by atoms with Crippen molar-refractivity contribution in [1.82, 2.24) is 0 Å². The molecular formula is C4H7ClO5S2. The SMILES string of the molecule is O=S1(=O)C[C@@H](S(=O)(=O)Cl)[C@@H](O)C1. The zero-order valence-electron chi connectivity index (χ0n) is 5.84. The van der Waals surface area contributed by atoms with Crippen molar-refractivity contribution >= 4 is 29.6 Å². The van der Waals surface area contributed by atoms with E-state index in [0.29, 0.717) is 0 Å². The Bertz CT molecular complexity index is 368. The van der Waals surface area contributed by atoms with Crippen molar-refractivity contribution in [2.45, 2.75) is 11.4 Å². The summed E-state index contributed by atoms with van der Waals surface area (Å²) in [4.78, 5) is 0. The lowest BCUT2D eigenvalue weighted by molar-refractivity contribution is 0.205. The van der Waals surface area contributed by atoms with Crippen LogP contribution in [-0.2, 0) is 18.9 Å². The molecule has 1 N–H and O–H groups in total. The average Bonchev–Trinajstić information content (AvgIpc) is 2.03. The van der Waals surface area contributed by atoms with Crippen molar-refractivity contribution in [1.29, 1.82) is 0 Å². The molecule has 1 aliphatic rings. The minimum atomic E-state index is -3.98. The molecule has 0 unspecified atom stereocenters. The lowest BCUT2D eigenvalue weighted by Crippen LogP contribution is -2.29. The molecule has 72 valence electrons. The molecule has 0 radical (unpaired) electrons. The topological polar surface area (TPSA) is 88.5 Å². The van der Waals surface area contributed by atoms with E-state index >= 15 is 0 Å². The van der Waals surface area contributed by atoms with Gasteiger partial charge in [0.2, 0.25) is 9.05 Å². The van der Waals surface area contributed by atoms with E-state index in [-0.39, 0.29) is 0 Å². The van der Waals surface area contributed by atoms with Crippen molar-refractivity contribution in [3.8, 4) is 0 Å². The van der Waals surface area contributed by atoms with E-state index in [1.165, 1.54) is 0 Å². The Morgan fingerprint density at radius 2 is 1.83 bits per heavy atom. The van der Waals surface area contributed by atoms with Gasteiger partial charge in [-0.05, 0) is 0 Å². The summed E-state index contributed by atoms with van der Waals surface area (Å²) in [6, 6.07) is 0. The second kappa shape index (κ2) is 2.83. The molecule has 0 aromatic carbocycles. The zero-order valence-corrected chi connectivity index (χ0v) is 8.23. The maximum atomic E-state index is 10.8. The fourth-order valence-corrected chi connectivity index (χ4v) is 5.36. The molecule has 1 saturated heterocycles. The Morgan fingerprint density at radius 1 is 1.33 bits per heavy atom. The normalized spacial score (nSPS) is 35.2. The summed E-state index contributed by atoms with van der Waals surface area (Å²) in [6.07, 6.45) is -1.39. The Kier molecular flexibility index (Phi) is 2.41. The predicted octanol–water partition coefficient (Wildman–Crippen LogP) is -1.29. The smallest absolute Gasteiger partial charge is 0.239 e. The highest BCUT2D eigenvalue weighted by Gasteiger charge is 2.43. The lowest BCUT2D eigenvalue weighted by atomic mass is 10.3. The first-order chi connectivity index (χ1) is 5.22. The zero-order chi connectivity index (χ0) is 9.57. The second-order valence-corrected chi connectivity index (χ2v) is 7.66. The summed E-state index contributed by atoms with van der Waals surface area (Å²) in [7, 11) is -2.51. The summed E-state index contributed by atoms with van der Waals surface area (Å²) in [5.41, 5.74) is 0. The fraction of sp³-hybridized carbons (Fsp3) is 1.00. The number of halogens is 1. The molecule has 0 bridgehead atoms. The van der Waals surface area contributed by atoms with Crippen LogP contribution in [0.15, 0.2) is 0 Å². The Morgan fingerprint density at radius 3 is 2.00 bits per heavy atom. The van der Waals surface area contributed by atoms with Gasteiger partial charge in [-0.3, -0.25) is 0 Å². The van der Waals surface area contributed by atoms with Gasteiger partial charge in [0.1, 0.15) is 5.25 Å². The van der Waals surface area contributed by atoms with Gasteiger partial charge in [-0.15, -0.1) is 0 Å². The molecule has 0 saturated carbocycles. The van der Waals surface area contributed by atoms with E-state index in [0.717, 1.165) is 0 Å². The Hall–Kier alpha value is 0.150. The van der Waals surface area contributed by atoms with Gasteiger partial charge in [0.25, 0.3) is 0 Å². The molecular weight excluding hydrogens is 228 g/mol. The van der Waals surface area contributed by atoms with Gasteiger partial charge in [-0.2, -0.15) is 0 Å². The molecule has 1 fully saturated rings. The largest absolute Gasteiger partial charge is 0.391 e. The first-order valence-electron chi connectivity index (χ1n) is 3.04. The molecule has 1 aliphatic heterocycles. The molecule has 0 aliphatic carbocycles. The standard InChI is InChI=1S/C4H7ClO5S2/c5-12(9,10)4-2-11(7,8)1-3(4)6/h3-4,6H,1-2H2/t3-,4+/m0/s1. The maximum absolute atomic E-state index is 10.8. The Balaban J connectivity index is 3.01. The summed E-state index contributed by atoms with van der Waals surface area (Å²) in [5.74, 6) is -1.11. The van der Waals surface area contributed by atoms with Crippen LogP contribution in [0.5, 0.6) is 0 Å². The Labute approximate surface area is 74.7 Å². The van der Waals surface area contributed by atoms with Crippen LogP contribution in [-0.4, -0.2) is 44.8 Å². The number of hydrogen-bond acceptors (Lipinski definition) is 5. The minimum absolute atomic E-state index is 0.524. The number of aliphatic hydroxyl groups excluding tert-OH is 1. The van der Waals surface area contributed by atoms with E-state index in [2.05, 4.69) is 0 Å². The third-order valence-electron chi connectivity index (χ3n) is 1.63. The summed E-state index contributed by atoms with van der Waals surface area (Å²) in [6.45, 7) is 0. The summed E-state index contributed by atoms with van der Waals surface area (Å²) >= 11 is 0. The van der Waals surface area contributed by atoms with E-state index in [9.17, 15) is 16.8 Å². The maximum Gasteiger partial charge on any atom is 0.239 e. The number of sulfone groups is 1. The van der Waals surface area contributed by atoms with Crippen LogP contribution >= 0.6 is 10.7 Å². The van der Waals surface area contributed by atoms with Crippen molar-refractivity contribution in [2.24, 2.45) is 0 Å². The highest BCUT2D eigenvalue weighted by molar-refractivity contribution is 8.15. The first kappa shape index (κ1) is 10.2. The van der Waals surface area contributed by atoms with Crippen LogP contribution < -0.4 is 0 Å². The summed E-state index contributed by atoms with van der Waals surface area (Å²) in [5, 5.41) is 7.65. The predicted molar refractivity (Wildman–Crippen MR) is 43.2 cm³/mol. The van der Waals surface area contributed by atoms with Crippen LogP contribution in [0, 0.1) is 0 Å². The first-order valence-corrected chi connectivity index (χ1v) is 7.24. The third-order valence-corrected chi connectivity index (χ3v) is 5.45. The van der Waals surface area contributed by atoms with Crippen molar-refractivity contribution < 1.29 is 21.9 Å². The molecule has 0 aromatic rings. The lowest BCUT2D eigenvalue weighted by Gasteiger charge is -2.06. The molecule has 8 heteroatoms. The van der Waals surface area contributed by atoms with Crippen molar-refractivity contribution in [2.75, 3.05) is 11.5 Å². The van der Waals surface area contributed by atoms with Gasteiger partial charge >= 0.3 is 0 Å². The van der Waals surface area contributed by atoms with E-state index in [1.54, 1.807) is 0 Å². The molecule has 2 atom stereocenters. The van der Waals surface area contributed by atoms with Crippen molar-refractivity contribution in [3.63, 3.8) is 0 Å². The van der Waals surface area contributed by atoms with Gasteiger partial charge in [0, 0.05) is 10.7 Å². The van der Waals surface area contributed by atoms with Gasteiger partial charge < -0.3 is 5.11 Å². The molecule has 12 heavy (non-hydrogen) atoms. The highest BCUT2D eigenvalue weighted by Crippen LogP contribution is 2.22. The second-order valence-electron chi connectivity index (χ2n) is 2.66. The molecule has 5 nitrogen and oxygen atoms in total. The van der Waals surface area contributed by atoms with Gasteiger partial charge in [0.05, 0.1) is 17.6 Å².